The van der Waals surface area contributed by atoms with Gasteiger partial charge in [0.2, 0.25) is 0 Å². The van der Waals surface area contributed by atoms with E-state index >= 15 is 0 Å². The number of ether oxygens (including phenoxy) is 1. The molecule has 0 spiro atoms. The fourth-order valence-corrected chi connectivity index (χ4v) is 2.84. The molecule has 1 aliphatic carbocycles. The van der Waals surface area contributed by atoms with Crippen molar-refractivity contribution in [2.75, 3.05) is 13.7 Å². The molecule has 1 unspecified atom stereocenters. The van der Waals surface area contributed by atoms with Gasteiger partial charge >= 0.3 is 0 Å². The molecule has 1 fully saturated rings. The maximum atomic E-state index is 5.74. The van der Waals surface area contributed by atoms with E-state index in [-0.39, 0.29) is 5.41 Å². The second-order valence-corrected chi connectivity index (χ2v) is 6.03. The molecule has 2 nitrogen and oxygen atoms in total. The van der Waals surface area contributed by atoms with Crippen molar-refractivity contribution in [1.82, 2.24) is 5.32 Å². The minimum absolute atomic E-state index is 0.160. The van der Waals surface area contributed by atoms with Gasteiger partial charge in [-0.2, -0.15) is 0 Å². The first-order valence-corrected chi connectivity index (χ1v) is 6.56. The Morgan fingerprint density at radius 3 is 2.76 bits per heavy atom. The molecule has 1 heterocycles. The average Bonchev–Trinajstić information content (AvgIpc) is 3.08. The third-order valence-corrected chi connectivity index (χ3v) is 4.08. The Labute approximate surface area is 103 Å². The summed E-state index contributed by atoms with van der Waals surface area (Å²) in [5, 5.41) is 3.46. The third-order valence-electron chi connectivity index (χ3n) is 4.08. The fraction of sp³-hybridized carbons (Fsp3) is 0.600. The SMILES string of the molecule is CNC(c1ccc2c(c1)C(C)(C)CO2)C1CC1. The molecule has 3 rings (SSSR count). The Kier molecular flexibility index (Phi) is 2.44. The maximum absolute atomic E-state index is 5.74. The van der Waals surface area contributed by atoms with Gasteiger partial charge in [-0.1, -0.05) is 19.9 Å². The topological polar surface area (TPSA) is 21.3 Å². The van der Waals surface area contributed by atoms with Gasteiger partial charge in [0.05, 0.1) is 6.61 Å². The van der Waals surface area contributed by atoms with Crippen molar-refractivity contribution in [3.8, 4) is 5.75 Å². The summed E-state index contributed by atoms with van der Waals surface area (Å²) in [7, 11) is 2.07. The smallest absolute Gasteiger partial charge is 0.123 e. The summed E-state index contributed by atoms with van der Waals surface area (Å²) >= 11 is 0. The summed E-state index contributed by atoms with van der Waals surface area (Å²) < 4.78 is 5.74. The van der Waals surface area contributed by atoms with E-state index in [1.165, 1.54) is 24.0 Å². The van der Waals surface area contributed by atoms with E-state index in [0.29, 0.717) is 6.04 Å². The minimum atomic E-state index is 0.160. The Bertz CT molecular complexity index is 435. The van der Waals surface area contributed by atoms with Crippen molar-refractivity contribution in [3.63, 3.8) is 0 Å². The molecule has 1 aromatic rings. The van der Waals surface area contributed by atoms with Crippen LogP contribution >= 0.6 is 0 Å². The summed E-state index contributed by atoms with van der Waals surface area (Å²) in [5.74, 6) is 1.91. The maximum Gasteiger partial charge on any atom is 0.123 e. The molecule has 0 radical (unpaired) electrons. The summed E-state index contributed by atoms with van der Waals surface area (Å²) in [6.45, 7) is 5.32. The van der Waals surface area contributed by atoms with Gasteiger partial charge in [0.15, 0.2) is 0 Å². The average molecular weight is 231 g/mol. The van der Waals surface area contributed by atoms with Crippen LogP contribution in [0.3, 0.4) is 0 Å². The summed E-state index contributed by atoms with van der Waals surface area (Å²) in [4.78, 5) is 0. The molecule has 1 atom stereocenters. The van der Waals surface area contributed by atoms with Crippen molar-refractivity contribution in [2.45, 2.75) is 38.1 Å². The molecule has 1 saturated carbocycles. The molecule has 0 bridgehead atoms. The summed E-state index contributed by atoms with van der Waals surface area (Å²) in [5.41, 5.74) is 2.95. The third kappa shape index (κ3) is 1.85. The van der Waals surface area contributed by atoms with Gasteiger partial charge in [0.25, 0.3) is 0 Å². The summed E-state index contributed by atoms with van der Waals surface area (Å²) in [6.07, 6.45) is 2.73. The zero-order valence-corrected chi connectivity index (χ0v) is 10.9. The number of rotatable bonds is 3. The minimum Gasteiger partial charge on any atom is -0.492 e. The van der Waals surface area contributed by atoms with Crippen LogP contribution in [-0.4, -0.2) is 13.7 Å². The van der Waals surface area contributed by atoms with Crippen LogP contribution in [0.1, 0.15) is 43.9 Å². The van der Waals surface area contributed by atoms with Crippen LogP contribution in [0.5, 0.6) is 5.75 Å². The van der Waals surface area contributed by atoms with Gasteiger partial charge in [-0.05, 0) is 43.5 Å². The highest BCUT2D eigenvalue weighted by atomic mass is 16.5. The van der Waals surface area contributed by atoms with Crippen molar-refractivity contribution < 1.29 is 4.74 Å². The van der Waals surface area contributed by atoms with Crippen LogP contribution in [0.2, 0.25) is 0 Å². The van der Waals surface area contributed by atoms with Gasteiger partial charge < -0.3 is 10.1 Å². The number of hydrogen-bond acceptors (Lipinski definition) is 2. The van der Waals surface area contributed by atoms with Crippen molar-refractivity contribution in [3.05, 3.63) is 29.3 Å². The molecule has 1 aromatic carbocycles. The second kappa shape index (κ2) is 3.74. The zero-order chi connectivity index (χ0) is 12.0. The zero-order valence-electron chi connectivity index (χ0n) is 10.9. The quantitative estimate of drug-likeness (QED) is 0.863. The fourth-order valence-electron chi connectivity index (χ4n) is 2.84. The van der Waals surface area contributed by atoms with Crippen LogP contribution in [0.15, 0.2) is 18.2 Å². The Balaban J connectivity index is 1.97. The second-order valence-electron chi connectivity index (χ2n) is 6.03. The lowest BCUT2D eigenvalue weighted by atomic mass is 9.85. The lowest BCUT2D eigenvalue weighted by Gasteiger charge is -2.20. The number of nitrogens with one attached hydrogen (secondary N) is 1. The van der Waals surface area contributed by atoms with E-state index in [4.69, 9.17) is 4.74 Å². The van der Waals surface area contributed by atoms with Crippen LogP contribution in [-0.2, 0) is 5.41 Å². The molecule has 2 aliphatic rings. The first-order valence-electron chi connectivity index (χ1n) is 6.56. The lowest BCUT2D eigenvalue weighted by molar-refractivity contribution is 0.291. The molecule has 0 aromatic heterocycles. The van der Waals surface area contributed by atoms with Gasteiger partial charge in [0, 0.05) is 17.0 Å². The van der Waals surface area contributed by atoms with Crippen molar-refractivity contribution >= 4 is 0 Å². The van der Waals surface area contributed by atoms with Crippen LogP contribution < -0.4 is 10.1 Å². The predicted molar refractivity (Wildman–Crippen MR) is 69.5 cm³/mol. The van der Waals surface area contributed by atoms with E-state index in [1.807, 2.05) is 0 Å². The first kappa shape index (κ1) is 11.1. The van der Waals surface area contributed by atoms with Crippen LogP contribution in [0.25, 0.3) is 0 Å². The predicted octanol–water partition coefficient (Wildman–Crippen LogP) is 3.03. The van der Waals surface area contributed by atoms with Crippen LogP contribution in [0.4, 0.5) is 0 Å². The first-order chi connectivity index (χ1) is 8.12. The number of hydrogen-bond donors (Lipinski definition) is 1. The van der Waals surface area contributed by atoms with E-state index in [1.54, 1.807) is 0 Å². The highest BCUT2D eigenvalue weighted by Gasteiger charge is 2.35. The van der Waals surface area contributed by atoms with Gasteiger partial charge in [-0.15, -0.1) is 0 Å². The standard InChI is InChI=1S/C15H21NO/c1-15(2)9-17-13-7-6-11(8-12(13)15)14(16-3)10-4-5-10/h6-8,10,14,16H,4-5,9H2,1-3H3. The Morgan fingerprint density at radius 2 is 2.12 bits per heavy atom. The van der Waals surface area contributed by atoms with Crippen molar-refractivity contribution in [1.29, 1.82) is 0 Å². The van der Waals surface area contributed by atoms with Gasteiger partial charge in [0.1, 0.15) is 5.75 Å². The van der Waals surface area contributed by atoms with Crippen LogP contribution in [0, 0.1) is 5.92 Å². The Morgan fingerprint density at radius 1 is 1.35 bits per heavy atom. The molecule has 1 N–H and O–H groups in total. The molecule has 0 saturated heterocycles. The van der Waals surface area contributed by atoms with Gasteiger partial charge in [-0.3, -0.25) is 0 Å². The number of fused-ring (bicyclic) bond motifs is 1. The molecule has 0 amide bonds. The lowest BCUT2D eigenvalue weighted by Crippen LogP contribution is -2.20. The molecule has 1 aliphatic heterocycles. The highest BCUT2D eigenvalue weighted by Crippen LogP contribution is 2.44. The number of benzene rings is 1. The van der Waals surface area contributed by atoms with E-state index in [9.17, 15) is 0 Å². The van der Waals surface area contributed by atoms with Gasteiger partial charge in [-0.25, -0.2) is 0 Å². The molecular formula is C15H21NO. The van der Waals surface area contributed by atoms with E-state index < -0.39 is 0 Å². The summed E-state index contributed by atoms with van der Waals surface area (Å²) in [6, 6.07) is 7.24. The molecule has 17 heavy (non-hydrogen) atoms. The molecule has 92 valence electrons. The monoisotopic (exact) mass is 231 g/mol. The molecular weight excluding hydrogens is 210 g/mol. The molecule has 2 heteroatoms. The van der Waals surface area contributed by atoms with E-state index in [0.717, 1.165) is 18.3 Å². The normalized spacial score (nSPS) is 23.0. The van der Waals surface area contributed by atoms with E-state index in [2.05, 4.69) is 44.4 Å². The highest BCUT2D eigenvalue weighted by molar-refractivity contribution is 5.46. The Hall–Kier alpha value is -1.02. The largest absolute Gasteiger partial charge is 0.492 e. The van der Waals surface area contributed by atoms with Crippen molar-refractivity contribution in [2.24, 2.45) is 5.92 Å².